The Bertz CT molecular complexity index is 737. The molecule has 0 aliphatic rings. The van der Waals surface area contributed by atoms with Gasteiger partial charge in [-0.1, -0.05) is 65.8 Å². The Morgan fingerprint density at radius 1 is 0.667 bits per heavy atom. The van der Waals surface area contributed by atoms with Gasteiger partial charge >= 0.3 is 11.9 Å². The van der Waals surface area contributed by atoms with Gasteiger partial charge < -0.3 is 10.2 Å². The third-order valence-electron chi connectivity index (χ3n) is 3.93. The monoisotopic (exact) mass is 420 g/mol. The van der Waals surface area contributed by atoms with Crippen LogP contribution in [0, 0.1) is 0 Å². The molecule has 0 fully saturated rings. The summed E-state index contributed by atoms with van der Waals surface area (Å²) in [6, 6.07) is 14.0. The van der Waals surface area contributed by atoms with Crippen LogP contribution in [0.1, 0.15) is 73.4 Å². The minimum Gasteiger partial charge on any atom is -0.478 e. The van der Waals surface area contributed by atoms with Crippen molar-refractivity contribution in [2.75, 3.05) is 0 Å². The molecule has 2 aromatic rings. The van der Waals surface area contributed by atoms with Gasteiger partial charge in [-0.05, 0) is 46.2 Å². The van der Waals surface area contributed by atoms with E-state index in [9.17, 15) is 9.59 Å². The van der Waals surface area contributed by atoms with Gasteiger partial charge in [-0.25, -0.2) is 9.59 Å². The third kappa shape index (κ3) is 8.05. The van der Waals surface area contributed by atoms with E-state index in [2.05, 4.69) is 47.6 Å². The summed E-state index contributed by atoms with van der Waals surface area (Å²) in [7, 11) is 0. The van der Waals surface area contributed by atoms with Gasteiger partial charge in [0.1, 0.15) is 0 Å². The zero-order valence-corrected chi connectivity index (χ0v) is 20.0. The first-order valence-corrected chi connectivity index (χ1v) is 8.50. The van der Waals surface area contributed by atoms with Crippen LogP contribution in [0.3, 0.4) is 0 Å². The van der Waals surface area contributed by atoms with E-state index in [1.54, 1.807) is 42.5 Å². The minimum absolute atomic E-state index is 0. The molecular weight excluding hydrogens is 394 g/mol. The molecule has 0 unspecified atom stereocenters. The SMILES string of the molecule is CC(C)(C)c1cc(C(=O)O)cc(C(C)(C)C)c1.O=C(O)c1ccccc1.[Zn]. The van der Waals surface area contributed by atoms with E-state index in [-0.39, 0.29) is 30.3 Å². The van der Waals surface area contributed by atoms with Gasteiger partial charge in [-0.2, -0.15) is 0 Å². The van der Waals surface area contributed by atoms with Crippen LogP contribution < -0.4 is 0 Å². The Morgan fingerprint density at radius 2 is 1.04 bits per heavy atom. The number of benzene rings is 2. The molecule has 2 aromatic carbocycles. The molecular formula is C22H28O4Zn. The molecule has 0 atom stereocenters. The predicted molar refractivity (Wildman–Crippen MR) is 104 cm³/mol. The number of rotatable bonds is 2. The molecule has 4 nitrogen and oxygen atoms in total. The number of aromatic carboxylic acids is 2. The second-order valence-corrected chi connectivity index (χ2v) is 8.28. The van der Waals surface area contributed by atoms with Gasteiger partial charge in [0, 0.05) is 19.5 Å². The normalized spacial score (nSPS) is 10.9. The Hall–Kier alpha value is -2.00. The van der Waals surface area contributed by atoms with Gasteiger partial charge in [-0.3, -0.25) is 0 Å². The fraction of sp³-hybridized carbons (Fsp3) is 0.364. The molecule has 5 heteroatoms. The average molecular weight is 422 g/mol. The smallest absolute Gasteiger partial charge is 0.335 e. The van der Waals surface area contributed by atoms with Crippen LogP contribution in [0.4, 0.5) is 0 Å². The van der Waals surface area contributed by atoms with Crippen LogP contribution >= 0.6 is 0 Å². The topological polar surface area (TPSA) is 74.6 Å². The summed E-state index contributed by atoms with van der Waals surface area (Å²) >= 11 is 0. The first-order chi connectivity index (χ1) is 11.8. The van der Waals surface area contributed by atoms with Crippen LogP contribution in [0.5, 0.6) is 0 Å². The van der Waals surface area contributed by atoms with Crippen molar-refractivity contribution in [1.29, 1.82) is 0 Å². The van der Waals surface area contributed by atoms with Crippen molar-refractivity contribution in [2.45, 2.75) is 52.4 Å². The van der Waals surface area contributed by atoms with Crippen LogP contribution in [0.2, 0.25) is 0 Å². The number of carboxylic acid groups (broad SMARTS) is 2. The number of carboxylic acids is 2. The molecule has 0 heterocycles. The second-order valence-electron chi connectivity index (χ2n) is 8.28. The molecule has 2 rings (SSSR count). The van der Waals surface area contributed by atoms with Crippen LogP contribution in [-0.4, -0.2) is 22.2 Å². The summed E-state index contributed by atoms with van der Waals surface area (Å²) in [5.74, 6) is -1.74. The Balaban J connectivity index is 0.000000572. The van der Waals surface area contributed by atoms with Gasteiger partial charge in [0.05, 0.1) is 11.1 Å². The van der Waals surface area contributed by atoms with E-state index in [4.69, 9.17) is 10.2 Å². The van der Waals surface area contributed by atoms with Crippen molar-refractivity contribution in [1.82, 2.24) is 0 Å². The number of carbonyl (C=O) groups is 2. The zero-order valence-electron chi connectivity index (χ0n) is 17.0. The molecule has 0 saturated heterocycles. The van der Waals surface area contributed by atoms with Crippen LogP contribution in [-0.2, 0) is 30.3 Å². The second kappa shape index (κ2) is 9.80. The summed E-state index contributed by atoms with van der Waals surface area (Å²) in [4.78, 5) is 21.4. The molecule has 0 saturated carbocycles. The van der Waals surface area contributed by atoms with E-state index in [1.807, 2.05) is 0 Å². The number of hydrogen-bond donors (Lipinski definition) is 2. The van der Waals surface area contributed by atoms with Gasteiger partial charge in [0.15, 0.2) is 0 Å². The van der Waals surface area contributed by atoms with E-state index in [0.29, 0.717) is 11.1 Å². The molecule has 0 bridgehead atoms. The van der Waals surface area contributed by atoms with Crippen LogP contribution in [0.15, 0.2) is 48.5 Å². The van der Waals surface area contributed by atoms with Crippen LogP contribution in [0.25, 0.3) is 0 Å². The Labute approximate surface area is 174 Å². The van der Waals surface area contributed by atoms with E-state index < -0.39 is 11.9 Å². The largest absolute Gasteiger partial charge is 0.478 e. The third-order valence-corrected chi connectivity index (χ3v) is 3.93. The van der Waals surface area contributed by atoms with Crippen molar-refractivity contribution in [3.05, 3.63) is 70.8 Å². The average Bonchev–Trinajstić information content (AvgIpc) is 2.54. The molecule has 0 spiro atoms. The van der Waals surface area contributed by atoms with Crippen molar-refractivity contribution in [3.63, 3.8) is 0 Å². The fourth-order valence-corrected chi connectivity index (χ4v) is 2.20. The molecule has 142 valence electrons. The summed E-state index contributed by atoms with van der Waals surface area (Å²) in [5.41, 5.74) is 2.78. The summed E-state index contributed by atoms with van der Waals surface area (Å²) in [5, 5.41) is 17.5. The summed E-state index contributed by atoms with van der Waals surface area (Å²) < 4.78 is 0. The molecule has 27 heavy (non-hydrogen) atoms. The van der Waals surface area contributed by atoms with Gasteiger partial charge in [0.25, 0.3) is 0 Å². The molecule has 0 aliphatic carbocycles. The maximum absolute atomic E-state index is 11.2. The maximum atomic E-state index is 11.2. The van der Waals surface area contributed by atoms with Gasteiger partial charge in [-0.15, -0.1) is 0 Å². The van der Waals surface area contributed by atoms with E-state index >= 15 is 0 Å². The minimum atomic E-state index is -0.879. The first kappa shape index (κ1) is 25.0. The van der Waals surface area contributed by atoms with E-state index in [1.165, 1.54) is 0 Å². The quantitative estimate of drug-likeness (QED) is 0.640. The van der Waals surface area contributed by atoms with Crippen molar-refractivity contribution < 1.29 is 39.3 Å². The predicted octanol–water partition coefficient (Wildman–Crippen LogP) is 5.36. The van der Waals surface area contributed by atoms with Crippen molar-refractivity contribution >= 4 is 11.9 Å². The standard InChI is InChI=1S/C15H22O2.C7H6O2.Zn/c1-14(2,3)11-7-10(13(16)17)8-12(9-11)15(4,5)6;8-7(9)6-4-2-1-3-5-6;/h7-9H,1-6H3,(H,16,17);1-5H,(H,8,9);. The zero-order chi connectivity index (χ0) is 20.1. The molecule has 0 amide bonds. The molecule has 0 aromatic heterocycles. The van der Waals surface area contributed by atoms with Crippen molar-refractivity contribution in [2.24, 2.45) is 0 Å². The first-order valence-electron chi connectivity index (χ1n) is 8.50. The van der Waals surface area contributed by atoms with E-state index in [0.717, 1.165) is 11.1 Å². The molecule has 0 aliphatic heterocycles. The Morgan fingerprint density at radius 3 is 1.30 bits per heavy atom. The maximum Gasteiger partial charge on any atom is 0.335 e. The fourth-order valence-electron chi connectivity index (χ4n) is 2.20. The molecule has 2 N–H and O–H groups in total. The van der Waals surface area contributed by atoms with Gasteiger partial charge in [0.2, 0.25) is 0 Å². The summed E-state index contributed by atoms with van der Waals surface area (Å²) in [6.45, 7) is 12.6. The Kier molecular flexibility index (Phi) is 9.07. The van der Waals surface area contributed by atoms with Crippen molar-refractivity contribution in [3.8, 4) is 0 Å². The number of hydrogen-bond acceptors (Lipinski definition) is 2. The molecule has 0 radical (unpaired) electrons. The summed E-state index contributed by atoms with van der Waals surface area (Å²) in [6.07, 6.45) is 0.